The van der Waals surface area contributed by atoms with Gasteiger partial charge in [0.15, 0.2) is 0 Å². The largest absolute Gasteiger partial charge is 0.339 e. The number of halogens is 1. The highest BCUT2D eigenvalue weighted by Crippen LogP contribution is 2.23. The summed E-state index contributed by atoms with van der Waals surface area (Å²) in [5.41, 5.74) is 3.98. The van der Waals surface area contributed by atoms with Gasteiger partial charge in [-0.05, 0) is 54.3 Å². The average Bonchev–Trinajstić information content (AvgIpc) is 2.72. The van der Waals surface area contributed by atoms with E-state index in [-0.39, 0.29) is 11.7 Å². The monoisotopic (exact) mass is 361 g/mol. The lowest BCUT2D eigenvalue weighted by atomic mass is 9.99. The molecule has 1 aromatic carbocycles. The highest BCUT2D eigenvalue weighted by molar-refractivity contribution is 5.79. The van der Waals surface area contributed by atoms with E-state index in [0.717, 1.165) is 28.6 Å². The Kier molecular flexibility index (Phi) is 4.92. The molecule has 0 saturated heterocycles. The van der Waals surface area contributed by atoms with Gasteiger partial charge in [0.25, 0.3) is 0 Å². The number of aromatic nitrogens is 2. The van der Waals surface area contributed by atoms with Gasteiger partial charge in [-0.3, -0.25) is 14.8 Å². The number of aryl methyl sites for hydroxylation is 1. The number of carbonyl (C=O) groups excluding carboxylic acids is 1. The summed E-state index contributed by atoms with van der Waals surface area (Å²) in [7, 11) is 0. The van der Waals surface area contributed by atoms with E-state index >= 15 is 0 Å². The number of hydrogen-bond acceptors (Lipinski definition) is 3. The number of nitrogens with zero attached hydrogens (tertiary/aromatic N) is 3. The van der Waals surface area contributed by atoms with Crippen molar-refractivity contribution in [1.29, 1.82) is 0 Å². The molecule has 0 fully saturated rings. The van der Waals surface area contributed by atoms with Crippen molar-refractivity contribution in [2.75, 3.05) is 13.1 Å². The first-order chi connectivity index (χ1) is 13.2. The Labute approximate surface area is 157 Å². The molecule has 0 radical (unpaired) electrons. The standard InChI is InChI=1S/C22H20FN3O/c23-19-5-3-16(4-6-19)17-9-12-26(13-10-17)22(27)8-7-20-14-21-18(15-25-20)2-1-11-24-21/h1-6,9,11,14-15H,7-8,10,12-13H2. The van der Waals surface area contributed by atoms with E-state index in [1.807, 2.05) is 23.1 Å². The number of fused-ring (bicyclic) bond motifs is 1. The molecule has 2 aromatic heterocycles. The SMILES string of the molecule is O=C(CCc1cc2ncccc2cn1)N1CC=C(c2ccc(F)cc2)CC1. The second-order valence-corrected chi connectivity index (χ2v) is 6.70. The molecule has 0 atom stereocenters. The van der Waals surface area contributed by atoms with Crippen LogP contribution in [0.3, 0.4) is 0 Å². The predicted molar refractivity (Wildman–Crippen MR) is 103 cm³/mol. The van der Waals surface area contributed by atoms with Crippen molar-refractivity contribution in [2.45, 2.75) is 19.3 Å². The van der Waals surface area contributed by atoms with Crippen LogP contribution in [0, 0.1) is 5.82 Å². The number of benzene rings is 1. The molecule has 136 valence electrons. The molecule has 1 amide bonds. The van der Waals surface area contributed by atoms with Crippen LogP contribution in [-0.2, 0) is 11.2 Å². The van der Waals surface area contributed by atoms with Crippen LogP contribution >= 0.6 is 0 Å². The van der Waals surface area contributed by atoms with Crippen molar-refractivity contribution in [3.8, 4) is 0 Å². The van der Waals surface area contributed by atoms with Crippen molar-refractivity contribution in [2.24, 2.45) is 0 Å². The summed E-state index contributed by atoms with van der Waals surface area (Å²) in [6.45, 7) is 1.28. The third-order valence-electron chi connectivity index (χ3n) is 4.92. The van der Waals surface area contributed by atoms with Crippen LogP contribution in [0.25, 0.3) is 16.5 Å². The lowest BCUT2D eigenvalue weighted by Gasteiger charge is -2.26. The Balaban J connectivity index is 1.35. The smallest absolute Gasteiger partial charge is 0.223 e. The fourth-order valence-corrected chi connectivity index (χ4v) is 3.36. The van der Waals surface area contributed by atoms with E-state index in [1.54, 1.807) is 24.5 Å². The minimum Gasteiger partial charge on any atom is -0.339 e. The summed E-state index contributed by atoms with van der Waals surface area (Å²) in [4.78, 5) is 23.2. The molecule has 0 N–H and O–H groups in total. The molecule has 0 saturated carbocycles. The fraction of sp³-hybridized carbons (Fsp3) is 0.227. The third kappa shape index (κ3) is 4.03. The number of rotatable bonds is 4. The molecule has 3 heterocycles. The van der Waals surface area contributed by atoms with Crippen LogP contribution in [0.4, 0.5) is 4.39 Å². The quantitative estimate of drug-likeness (QED) is 0.705. The maximum Gasteiger partial charge on any atom is 0.223 e. The van der Waals surface area contributed by atoms with Gasteiger partial charge in [-0.15, -0.1) is 0 Å². The van der Waals surface area contributed by atoms with E-state index in [9.17, 15) is 9.18 Å². The lowest BCUT2D eigenvalue weighted by molar-refractivity contribution is -0.130. The third-order valence-corrected chi connectivity index (χ3v) is 4.92. The summed E-state index contributed by atoms with van der Waals surface area (Å²) >= 11 is 0. The van der Waals surface area contributed by atoms with E-state index < -0.39 is 0 Å². The first kappa shape index (κ1) is 17.3. The van der Waals surface area contributed by atoms with Gasteiger partial charge in [0.2, 0.25) is 5.91 Å². The molecule has 1 aliphatic rings. The van der Waals surface area contributed by atoms with Crippen molar-refractivity contribution in [3.63, 3.8) is 0 Å². The van der Waals surface area contributed by atoms with Gasteiger partial charge in [0.1, 0.15) is 5.82 Å². The van der Waals surface area contributed by atoms with Gasteiger partial charge >= 0.3 is 0 Å². The number of amides is 1. The summed E-state index contributed by atoms with van der Waals surface area (Å²) < 4.78 is 13.1. The average molecular weight is 361 g/mol. The fourth-order valence-electron chi connectivity index (χ4n) is 3.36. The minimum absolute atomic E-state index is 0.132. The zero-order chi connectivity index (χ0) is 18.6. The predicted octanol–water partition coefficient (Wildman–Crippen LogP) is 4.02. The molecule has 0 spiro atoms. The van der Waals surface area contributed by atoms with E-state index in [4.69, 9.17) is 0 Å². The van der Waals surface area contributed by atoms with Gasteiger partial charge in [0.05, 0.1) is 5.52 Å². The first-order valence-electron chi connectivity index (χ1n) is 9.11. The summed E-state index contributed by atoms with van der Waals surface area (Å²) in [5.74, 6) is -0.100. The molecule has 4 nitrogen and oxygen atoms in total. The first-order valence-corrected chi connectivity index (χ1v) is 9.11. The van der Waals surface area contributed by atoms with Crippen LogP contribution in [0.1, 0.15) is 24.1 Å². The number of pyridine rings is 2. The molecule has 5 heteroatoms. The van der Waals surface area contributed by atoms with Crippen LogP contribution in [0.15, 0.2) is 60.9 Å². The van der Waals surface area contributed by atoms with Crippen LogP contribution in [0.5, 0.6) is 0 Å². The number of carbonyl (C=O) groups is 1. The normalized spacial score (nSPS) is 14.3. The maximum atomic E-state index is 13.1. The molecule has 0 unspecified atom stereocenters. The molecule has 4 rings (SSSR count). The Hall–Kier alpha value is -3.08. The zero-order valence-electron chi connectivity index (χ0n) is 14.9. The molecular formula is C22H20FN3O. The van der Waals surface area contributed by atoms with Crippen LogP contribution < -0.4 is 0 Å². The second kappa shape index (κ2) is 7.66. The molecule has 3 aromatic rings. The Morgan fingerprint density at radius 2 is 2.00 bits per heavy atom. The number of hydrogen-bond donors (Lipinski definition) is 0. The van der Waals surface area contributed by atoms with Gasteiger partial charge in [0, 0.05) is 43.0 Å². The minimum atomic E-state index is -0.232. The van der Waals surface area contributed by atoms with Crippen LogP contribution in [-0.4, -0.2) is 33.9 Å². The summed E-state index contributed by atoms with van der Waals surface area (Å²) in [6.07, 6.45) is 7.46. The van der Waals surface area contributed by atoms with Gasteiger partial charge in [-0.25, -0.2) is 4.39 Å². The van der Waals surface area contributed by atoms with Crippen molar-refractivity contribution in [3.05, 3.63) is 78.0 Å². The molecule has 1 aliphatic heterocycles. The summed E-state index contributed by atoms with van der Waals surface area (Å²) in [6, 6.07) is 12.3. The second-order valence-electron chi connectivity index (χ2n) is 6.70. The molecule has 0 bridgehead atoms. The maximum absolute atomic E-state index is 13.1. The van der Waals surface area contributed by atoms with Crippen molar-refractivity contribution in [1.82, 2.24) is 14.9 Å². The van der Waals surface area contributed by atoms with Crippen molar-refractivity contribution < 1.29 is 9.18 Å². The lowest BCUT2D eigenvalue weighted by Crippen LogP contribution is -2.34. The molecular weight excluding hydrogens is 341 g/mol. The zero-order valence-corrected chi connectivity index (χ0v) is 14.9. The van der Waals surface area contributed by atoms with E-state index in [1.165, 1.54) is 17.7 Å². The van der Waals surface area contributed by atoms with Gasteiger partial charge < -0.3 is 4.90 Å². The highest BCUT2D eigenvalue weighted by atomic mass is 19.1. The highest BCUT2D eigenvalue weighted by Gasteiger charge is 2.18. The Bertz CT molecular complexity index is 998. The molecule has 27 heavy (non-hydrogen) atoms. The van der Waals surface area contributed by atoms with Gasteiger partial charge in [-0.1, -0.05) is 18.2 Å². The van der Waals surface area contributed by atoms with E-state index in [0.29, 0.717) is 25.9 Å². The van der Waals surface area contributed by atoms with Crippen LogP contribution in [0.2, 0.25) is 0 Å². The summed E-state index contributed by atoms with van der Waals surface area (Å²) in [5, 5.41) is 1.00. The Morgan fingerprint density at radius 1 is 1.15 bits per heavy atom. The topological polar surface area (TPSA) is 46.1 Å². The van der Waals surface area contributed by atoms with E-state index in [2.05, 4.69) is 16.0 Å². The van der Waals surface area contributed by atoms with Gasteiger partial charge in [-0.2, -0.15) is 0 Å². The Morgan fingerprint density at radius 3 is 2.78 bits per heavy atom. The van der Waals surface area contributed by atoms with Crippen molar-refractivity contribution >= 4 is 22.4 Å². The molecule has 0 aliphatic carbocycles.